The van der Waals surface area contributed by atoms with Gasteiger partial charge in [0.2, 0.25) is 5.91 Å². The van der Waals surface area contributed by atoms with Crippen LogP contribution in [0, 0.1) is 5.41 Å². The van der Waals surface area contributed by atoms with Crippen molar-refractivity contribution in [3.8, 4) is 0 Å². The van der Waals surface area contributed by atoms with E-state index in [1.807, 2.05) is 0 Å². The second kappa shape index (κ2) is 9.17. The molecule has 4 rings (SSSR count). The molecule has 8 heteroatoms. The van der Waals surface area contributed by atoms with E-state index in [1.165, 1.54) is 0 Å². The number of hydrogen-bond donors (Lipinski definition) is 1. The maximum atomic E-state index is 12.8. The van der Waals surface area contributed by atoms with E-state index in [4.69, 9.17) is 17.0 Å². The molecule has 31 heavy (non-hydrogen) atoms. The average Bonchev–Trinajstić information content (AvgIpc) is 2.77. The lowest BCUT2D eigenvalue weighted by Crippen LogP contribution is -2.50. The van der Waals surface area contributed by atoms with E-state index in [0.717, 1.165) is 55.3 Å². The Balaban J connectivity index is 1.33. The zero-order chi connectivity index (χ0) is 22.0. The fourth-order valence-corrected chi connectivity index (χ4v) is 6.01. The van der Waals surface area contributed by atoms with Crippen LogP contribution < -0.4 is 0 Å². The highest BCUT2D eigenvalue weighted by atomic mass is 35.5. The predicted molar refractivity (Wildman–Crippen MR) is 124 cm³/mol. The first-order valence-corrected chi connectivity index (χ1v) is 12.9. The maximum Gasteiger partial charge on any atom is 0.223 e. The Morgan fingerprint density at radius 3 is 2.48 bits per heavy atom. The molecule has 2 fully saturated rings. The van der Waals surface area contributed by atoms with Crippen LogP contribution in [0.3, 0.4) is 0 Å². The van der Waals surface area contributed by atoms with Crippen LogP contribution >= 0.6 is 11.6 Å². The van der Waals surface area contributed by atoms with Crippen LogP contribution in [-0.4, -0.2) is 61.4 Å². The number of piperidine rings is 2. The van der Waals surface area contributed by atoms with Gasteiger partial charge in [-0.3, -0.25) is 10.2 Å². The largest absolute Gasteiger partial charge is 0.357 e. The van der Waals surface area contributed by atoms with Crippen LogP contribution in [0.5, 0.6) is 0 Å². The van der Waals surface area contributed by atoms with Gasteiger partial charge in [0, 0.05) is 43.5 Å². The van der Waals surface area contributed by atoms with Crippen molar-refractivity contribution in [1.29, 1.82) is 5.41 Å². The van der Waals surface area contributed by atoms with Gasteiger partial charge in [0.25, 0.3) is 0 Å². The van der Waals surface area contributed by atoms with Gasteiger partial charge in [-0.15, -0.1) is 0 Å². The fourth-order valence-electron chi connectivity index (χ4n) is 4.57. The van der Waals surface area contributed by atoms with Crippen LogP contribution in [0.1, 0.15) is 38.5 Å². The second-order valence-electron chi connectivity index (χ2n) is 8.43. The summed E-state index contributed by atoms with van der Waals surface area (Å²) in [4.78, 5) is 16.9. The van der Waals surface area contributed by atoms with Crippen molar-refractivity contribution in [2.75, 3.05) is 25.4 Å². The Hall–Kier alpha value is -2.12. The summed E-state index contributed by atoms with van der Waals surface area (Å²) in [6.45, 7) is 2.20. The number of nitrogens with zero attached hydrogens (tertiary/aromatic N) is 2. The number of fused-ring (bicyclic) bond motifs is 1. The number of halogens is 1. The quantitative estimate of drug-likeness (QED) is 0.726. The third-order valence-electron chi connectivity index (χ3n) is 6.38. The normalized spacial score (nSPS) is 18.5. The van der Waals surface area contributed by atoms with Crippen molar-refractivity contribution in [1.82, 2.24) is 9.80 Å². The zero-order valence-electron chi connectivity index (χ0n) is 17.5. The van der Waals surface area contributed by atoms with Crippen LogP contribution in [-0.2, 0) is 14.6 Å². The van der Waals surface area contributed by atoms with Gasteiger partial charge in [-0.05, 0) is 60.7 Å². The van der Waals surface area contributed by atoms with Crippen LogP contribution in [0.25, 0.3) is 10.8 Å². The number of hydrogen-bond acceptors (Lipinski definition) is 4. The van der Waals surface area contributed by atoms with Gasteiger partial charge >= 0.3 is 0 Å². The van der Waals surface area contributed by atoms with Gasteiger partial charge in [0.1, 0.15) is 0 Å². The molecule has 1 N–H and O–H groups in total. The molecule has 0 spiro atoms. The van der Waals surface area contributed by atoms with Gasteiger partial charge in [-0.25, -0.2) is 8.42 Å². The van der Waals surface area contributed by atoms with Crippen molar-refractivity contribution < 1.29 is 13.2 Å². The van der Waals surface area contributed by atoms with Gasteiger partial charge in [0.05, 0.1) is 16.5 Å². The lowest BCUT2D eigenvalue weighted by molar-refractivity contribution is -0.132. The summed E-state index contributed by atoms with van der Waals surface area (Å²) in [5, 5.41) is 10.5. The summed E-state index contributed by atoms with van der Waals surface area (Å²) in [7, 11) is -3.55. The Morgan fingerprint density at radius 2 is 1.74 bits per heavy atom. The molecule has 166 valence electrons. The molecular formula is C23H28ClN3O3S. The van der Waals surface area contributed by atoms with E-state index in [2.05, 4.69) is 4.90 Å². The number of likely N-dealkylation sites (tertiary alicyclic amines) is 2. The van der Waals surface area contributed by atoms with Crippen molar-refractivity contribution in [2.45, 2.75) is 49.5 Å². The van der Waals surface area contributed by atoms with Crippen molar-refractivity contribution in [3.63, 3.8) is 0 Å². The van der Waals surface area contributed by atoms with Gasteiger partial charge in [-0.2, -0.15) is 0 Å². The topological polar surface area (TPSA) is 81.5 Å². The van der Waals surface area contributed by atoms with E-state index in [1.54, 1.807) is 41.3 Å². The number of benzene rings is 2. The molecule has 0 saturated carbocycles. The molecule has 2 aliphatic rings. The van der Waals surface area contributed by atoms with Crippen LogP contribution in [0.4, 0.5) is 0 Å². The summed E-state index contributed by atoms with van der Waals surface area (Å²) >= 11 is 5.99. The Kier molecular flexibility index (Phi) is 6.53. The summed E-state index contributed by atoms with van der Waals surface area (Å²) in [6, 6.07) is 10.6. The highest BCUT2D eigenvalue weighted by Crippen LogP contribution is 2.25. The molecule has 0 unspecified atom stereocenters. The summed E-state index contributed by atoms with van der Waals surface area (Å²) in [6.07, 6.45) is 4.74. The van der Waals surface area contributed by atoms with Crippen molar-refractivity contribution in [3.05, 3.63) is 41.4 Å². The van der Waals surface area contributed by atoms with E-state index >= 15 is 0 Å². The molecule has 0 aromatic heterocycles. The SMILES string of the molecule is N=C1CCCCN1C1CCN(C(=O)CCS(=O)(=O)c2ccc3cc(Cl)ccc3c2)CC1. The lowest BCUT2D eigenvalue weighted by atomic mass is 9.99. The molecule has 2 saturated heterocycles. The molecule has 2 aromatic rings. The third-order valence-corrected chi connectivity index (χ3v) is 8.33. The molecule has 0 aliphatic carbocycles. The van der Waals surface area contributed by atoms with Crippen molar-refractivity contribution in [2.24, 2.45) is 0 Å². The minimum atomic E-state index is -3.55. The third kappa shape index (κ3) is 5.04. The molecule has 2 aromatic carbocycles. The summed E-state index contributed by atoms with van der Waals surface area (Å²) < 4.78 is 25.6. The van der Waals surface area contributed by atoms with E-state index in [0.29, 0.717) is 24.2 Å². The first-order valence-electron chi connectivity index (χ1n) is 10.9. The number of carbonyl (C=O) groups is 1. The number of amides is 1. The minimum absolute atomic E-state index is 0.00874. The van der Waals surface area contributed by atoms with E-state index in [9.17, 15) is 13.2 Å². The number of amidine groups is 1. The number of nitrogens with one attached hydrogen (secondary N) is 1. The average molecular weight is 462 g/mol. The van der Waals surface area contributed by atoms with Gasteiger partial charge in [0.15, 0.2) is 9.84 Å². The maximum absolute atomic E-state index is 12.8. The fraction of sp³-hybridized carbons (Fsp3) is 0.478. The predicted octanol–water partition coefficient (Wildman–Crippen LogP) is 4.11. The highest BCUT2D eigenvalue weighted by molar-refractivity contribution is 7.91. The minimum Gasteiger partial charge on any atom is -0.357 e. The van der Waals surface area contributed by atoms with Crippen LogP contribution in [0.2, 0.25) is 5.02 Å². The van der Waals surface area contributed by atoms with Gasteiger partial charge < -0.3 is 9.80 Å². The molecule has 2 heterocycles. The first-order chi connectivity index (χ1) is 14.8. The van der Waals surface area contributed by atoms with Crippen molar-refractivity contribution >= 4 is 44.0 Å². The molecule has 0 bridgehead atoms. The second-order valence-corrected chi connectivity index (χ2v) is 11.0. The highest BCUT2D eigenvalue weighted by Gasteiger charge is 2.29. The number of rotatable bonds is 5. The van der Waals surface area contributed by atoms with E-state index < -0.39 is 9.84 Å². The monoisotopic (exact) mass is 461 g/mol. The lowest BCUT2D eigenvalue weighted by Gasteiger charge is -2.41. The Morgan fingerprint density at radius 1 is 1.03 bits per heavy atom. The summed E-state index contributed by atoms with van der Waals surface area (Å²) in [5.41, 5.74) is 0. The molecule has 0 radical (unpaired) electrons. The smallest absolute Gasteiger partial charge is 0.223 e. The number of carbonyl (C=O) groups excluding carboxylic acids is 1. The molecule has 1 amide bonds. The molecule has 0 atom stereocenters. The first kappa shape index (κ1) is 22.1. The van der Waals surface area contributed by atoms with E-state index in [-0.39, 0.29) is 23.0 Å². The molecule has 2 aliphatic heterocycles. The molecular weight excluding hydrogens is 434 g/mol. The Bertz CT molecular complexity index is 1090. The van der Waals surface area contributed by atoms with Crippen LogP contribution in [0.15, 0.2) is 41.3 Å². The zero-order valence-corrected chi connectivity index (χ0v) is 19.1. The number of sulfone groups is 1. The Labute approximate surface area is 188 Å². The van der Waals surface area contributed by atoms with Gasteiger partial charge in [-0.1, -0.05) is 23.7 Å². The molecule has 6 nitrogen and oxygen atoms in total. The summed E-state index contributed by atoms with van der Waals surface area (Å²) in [5.74, 6) is 0.421. The standard InChI is InChI=1S/C23H28ClN3O3S/c24-19-6-4-18-16-21(7-5-17(18)15-19)31(29,30)14-10-23(28)26-12-8-20(9-13-26)27-11-2-1-3-22(27)25/h4-7,15-16,20,25H,1-3,8-14H2.